The predicted molar refractivity (Wildman–Crippen MR) is 66.9 cm³/mol. The topological polar surface area (TPSA) is 38.1 Å². The minimum atomic E-state index is 0.168. The van der Waals surface area contributed by atoms with Crippen LogP contribution < -0.4 is 0 Å². The van der Waals surface area contributed by atoms with Gasteiger partial charge in [0, 0.05) is 19.3 Å². The fourth-order valence-electron chi connectivity index (χ4n) is 2.38. The van der Waals surface area contributed by atoms with Gasteiger partial charge >= 0.3 is 0 Å². The molecule has 1 aromatic rings. The highest BCUT2D eigenvalue weighted by molar-refractivity contribution is 5.75. The summed E-state index contributed by atoms with van der Waals surface area (Å²) in [6, 6.07) is 0. The van der Waals surface area contributed by atoms with Crippen LogP contribution in [0.1, 0.15) is 37.0 Å². The molecule has 0 fully saturated rings. The van der Waals surface area contributed by atoms with Gasteiger partial charge in [0.15, 0.2) is 0 Å². The molecule has 0 N–H and O–H groups in total. The molecule has 0 aliphatic heterocycles. The lowest BCUT2D eigenvalue weighted by molar-refractivity contribution is -0.130. The molecule has 4 heteroatoms. The van der Waals surface area contributed by atoms with Gasteiger partial charge in [0.05, 0.1) is 5.69 Å². The molecular weight excluding hydrogens is 214 g/mol. The minimum absolute atomic E-state index is 0.168. The molecule has 0 bridgehead atoms. The van der Waals surface area contributed by atoms with Gasteiger partial charge in [0.25, 0.3) is 0 Å². The number of likely N-dealkylation sites (N-methyl/N-ethyl adjacent to an activating group) is 1. The molecule has 4 nitrogen and oxygen atoms in total. The quantitative estimate of drug-likeness (QED) is 0.797. The molecule has 0 radical (unpaired) electrons. The molecule has 0 saturated heterocycles. The average molecular weight is 235 g/mol. The number of carbonyl (C=O) groups excluding carboxylic acids is 1. The highest BCUT2D eigenvalue weighted by Gasteiger charge is 2.20. The number of amides is 1. The zero-order chi connectivity index (χ0) is 12.4. The second-order valence-corrected chi connectivity index (χ2v) is 4.75. The van der Waals surface area contributed by atoms with E-state index in [1.165, 1.54) is 24.2 Å². The van der Waals surface area contributed by atoms with Crippen LogP contribution in [0.4, 0.5) is 0 Å². The van der Waals surface area contributed by atoms with Crippen LogP contribution in [0.25, 0.3) is 0 Å². The van der Waals surface area contributed by atoms with Gasteiger partial charge in [-0.05, 0) is 39.5 Å². The molecule has 1 heterocycles. The zero-order valence-electron chi connectivity index (χ0n) is 11.0. The lowest BCUT2D eigenvalue weighted by atomic mass is 10.0. The molecule has 1 amide bonds. The first kappa shape index (κ1) is 12.1. The van der Waals surface area contributed by atoms with Gasteiger partial charge in [-0.25, -0.2) is 4.98 Å². The van der Waals surface area contributed by atoms with E-state index in [2.05, 4.69) is 9.55 Å². The van der Waals surface area contributed by atoms with Crippen molar-refractivity contribution in [3.8, 4) is 0 Å². The Hall–Kier alpha value is -1.32. The van der Waals surface area contributed by atoms with Crippen molar-refractivity contribution >= 4 is 5.91 Å². The fraction of sp³-hybridized carbons (Fsp3) is 0.692. The number of carbonyl (C=O) groups is 1. The van der Waals surface area contributed by atoms with Gasteiger partial charge < -0.3 is 9.47 Å². The van der Waals surface area contributed by atoms with Crippen molar-refractivity contribution in [2.45, 2.75) is 46.1 Å². The SMILES string of the molecule is CCN(C)C(=O)Cn1c(C)nc2c1CCCC2. The highest BCUT2D eigenvalue weighted by Crippen LogP contribution is 2.22. The molecule has 2 rings (SSSR count). The van der Waals surface area contributed by atoms with Gasteiger partial charge in [-0.1, -0.05) is 0 Å². The first-order valence-electron chi connectivity index (χ1n) is 6.42. The van der Waals surface area contributed by atoms with E-state index in [1.807, 2.05) is 20.9 Å². The second-order valence-electron chi connectivity index (χ2n) is 4.75. The smallest absolute Gasteiger partial charge is 0.242 e. The van der Waals surface area contributed by atoms with E-state index < -0.39 is 0 Å². The van der Waals surface area contributed by atoms with Crippen molar-refractivity contribution in [2.75, 3.05) is 13.6 Å². The maximum absolute atomic E-state index is 12.0. The van der Waals surface area contributed by atoms with Gasteiger partial charge in [0.2, 0.25) is 5.91 Å². The molecule has 94 valence electrons. The van der Waals surface area contributed by atoms with Crippen LogP contribution in [-0.2, 0) is 24.2 Å². The van der Waals surface area contributed by atoms with Crippen molar-refractivity contribution in [1.29, 1.82) is 0 Å². The van der Waals surface area contributed by atoms with Gasteiger partial charge in [-0.2, -0.15) is 0 Å². The minimum Gasteiger partial charge on any atom is -0.344 e. The Morgan fingerprint density at radius 1 is 1.41 bits per heavy atom. The number of aromatic nitrogens is 2. The summed E-state index contributed by atoms with van der Waals surface area (Å²) in [5.41, 5.74) is 2.49. The van der Waals surface area contributed by atoms with Crippen LogP contribution in [0.15, 0.2) is 0 Å². The Balaban J connectivity index is 2.21. The van der Waals surface area contributed by atoms with Gasteiger partial charge in [-0.15, -0.1) is 0 Å². The van der Waals surface area contributed by atoms with Crippen molar-refractivity contribution in [2.24, 2.45) is 0 Å². The molecular formula is C13H21N3O. The highest BCUT2D eigenvalue weighted by atomic mass is 16.2. The van der Waals surface area contributed by atoms with Crippen LogP contribution in [0, 0.1) is 6.92 Å². The van der Waals surface area contributed by atoms with Gasteiger partial charge in [0.1, 0.15) is 12.4 Å². The number of fused-ring (bicyclic) bond motifs is 1. The molecule has 0 saturated carbocycles. The van der Waals surface area contributed by atoms with Crippen LogP contribution in [-0.4, -0.2) is 34.0 Å². The maximum atomic E-state index is 12.0. The maximum Gasteiger partial charge on any atom is 0.242 e. The summed E-state index contributed by atoms with van der Waals surface area (Å²) in [5.74, 6) is 1.15. The Morgan fingerprint density at radius 3 is 2.82 bits per heavy atom. The molecule has 0 aromatic carbocycles. The van der Waals surface area contributed by atoms with E-state index in [4.69, 9.17) is 0 Å². The third-order valence-corrected chi connectivity index (χ3v) is 3.62. The lowest BCUT2D eigenvalue weighted by Gasteiger charge is -2.18. The second kappa shape index (κ2) is 4.90. The summed E-state index contributed by atoms with van der Waals surface area (Å²) >= 11 is 0. The summed E-state index contributed by atoms with van der Waals surface area (Å²) in [5, 5.41) is 0. The Labute approximate surface area is 103 Å². The largest absolute Gasteiger partial charge is 0.344 e. The van der Waals surface area contributed by atoms with Crippen molar-refractivity contribution in [1.82, 2.24) is 14.5 Å². The zero-order valence-corrected chi connectivity index (χ0v) is 11.0. The summed E-state index contributed by atoms with van der Waals surface area (Å²) in [6.45, 7) is 5.19. The number of aryl methyl sites for hydroxylation is 2. The van der Waals surface area contributed by atoms with Crippen LogP contribution in [0.5, 0.6) is 0 Å². The Morgan fingerprint density at radius 2 is 2.12 bits per heavy atom. The Kier molecular flexibility index (Phi) is 3.50. The predicted octanol–water partition coefficient (Wildman–Crippen LogP) is 1.55. The standard InChI is InChI=1S/C13H21N3O/c1-4-15(3)13(17)9-16-10(2)14-11-7-5-6-8-12(11)16/h4-9H2,1-3H3. The molecule has 0 spiro atoms. The number of nitrogens with zero attached hydrogens (tertiary/aromatic N) is 3. The Bertz CT molecular complexity index is 423. The molecule has 1 aromatic heterocycles. The van der Waals surface area contributed by atoms with E-state index in [9.17, 15) is 4.79 Å². The fourth-order valence-corrected chi connectivity index (χ4v) is 2.38. The third-order valence-electron chi connectivity index (χ3n) is 3.62. The van der Waals surface area contributed by atoms with Crippen LogP contribution >= 0.6 is 0 Å². The molecule has 0 unspecified atom stereocenters. The number of imidazole rings is 1. The van der Waals surface area contributed by atoms with E-state index in [0.717, 1.165) is 25.2 Å². The number of hydrogen-bond acceptors (Lipinski definition) is 2. The molecule has 17 heavy (non-hydrogen) atoms. The first-order chi connectivity index (χ1) is 8.13. The monoisotopic (exact) mass is 235 g/mol. The van der Waals surface area contributed by atoms with Crippen LogP contribution in [0.2, 0.25) is 0 Å². The van der Waals surface area contributed by atoms with E-state index in [0.29, 0.717) is 6.54 Å². The van der Waals surface area contributed by atoms with Gasteiger partial charge in [-0.3, -0.25) is 4.79 Å². The van der Waals surface area contributed by atoms with Crippen molar-refractivity contribution < 1.29 is 4.79 Å². The first-order valence-corrected chi connectivity index (χ1v) is 6.42. The van der Waals surface area contributed by atoms with E-state index >= 15 is 0 Å². The molecule has 1 aliphatic rings. The third kappa shape index (κ3) is 2.35. The van der Waals surface area contributed by atoms with E-state index in [-0.39, 0.29) is 5.91 Å². The summed E-state index contributed by atoms with van der Waals surface area (Å²) in [6.07, 6.45) is 4.59. The lowest BCUT2D eigenvalue weighted by Crippen LogP contribution is -2.30. The summed E-state index contributed by atoms with van der Waals surface area (Å²) < 4.78 is 2.10. The van der Waals surface area contributed by atoms with Crippen LogP contribution in [0.3, 0.4) is 0 Å². The molecule has 1 aliphatic carbocycles. The van der Waals surface area contributed by atoms with Crippen molar-refractivity contribution in [3.63, 3.8) is 0 Å². The van der Waals surface area contributed by atoms with E-state index in [1.54, 1.807) is 4.90 Å². The number of hydrogen-bond donors (Lipinski definition) is 0. The van der Waals surface area contributed by atoms with Crippen molar-refractivity contribution in [3.05, 3.63) is 17.2 Å². The number of rotatable bonds is 3. The summed E-state index contributed by atoms with van der Waals surface area (Å²) in [7, 11) is 1.85. The summed E-state index contributed by atoms with van der Waals surface area (Å²) in [4.78, 5) is 18.3. The average Bonchev–Trinajstić information content (AvgIpc) is 2.65. The normalized spacial score (nSPS) is 14.5. The molecule has 0 atom stereocenters.